The summed E-state index contributed by atoms with van der Waals surface area (Å²) in [6.45, 7) is 7.57. The van der Waals surface area contributed by atoms with E-state index < -0.39 is 0 Å². The second-order valence-electron chi connectivity index (χ2n) is 5.90. The lowest BCUT2D eigenvalue weighted by atomic mass is 10.1. The molecule has 4 nitrogen and oxygen atoms in total. The van der Waals surface area contributed by atoms with E-state index in [-0.39, 0.29) is 5.91 Å². The molecule has 0 aromatic rings. The summed E-state index contributed by atoms with van der Waals surface area (Å²) in [6.07, 6.45) is 8.65. The lowest BCUT2D eigenvalue weighted by molar-refractivity contribution is -0.121. The fourth-order valence-corrected chi connectivity index (χ4v) is 3.07. The maximum absolute atomic E-state index is 11.8. The summed E-state index contributed by atoms with van der Waals surface area (Å²) >= 11 is 0. The molecule has 0 unspecified atom stereocenters. The number of carbonyl (C=O) groups excluding carboxylic acids is 1. The lowest BCUT2D eigenvalue weighted by Gasteiger charge is -2.27. The van der Waals surface area contributed by atoms with E-state index in [4.69, 9.17) is 0 Å². The average Bonchev–Trinajstić information content (AvgIpc) is 2.47. The number of hydrogen-bond acceptors (Lipinski definition) is 3. The van der Waals surface area contributed by atoms with Crippen LogP contribution in [0.2, 0.25) is 0 Å². The van der Waals surface area contributed by atoms with Gasteiger partial charge in [0, 0.05) is 26.1 Å². The number of amides is 1. The van der Waals surface area contributed by atoms with Crippen LogP contribution in [0.25, 0.3) is 0 Å². The summed E-state index contributed by atoms with van der Waals surface area (Å²) in [7, 11) is 0. The van der Waals surface area contributed by atoms with Crippen molar-refractivity contribution in [2.24, 2.45) is 0 Å². The largest absolute Gasteiger partial charge is 0.355 e. The highest BCUT2D eigenvalue weighted by Crippen LogP contribution is 2.09. The number of likely N-dealkylation sites (tertiary alicyclic amines) is 2. The van der Waals surface area contributed by atoms with Crippen LogP contribution in [0.1, 0.15) is 44.9 Å². The van der Waals surface area contributed by atoms with Gasteiger partial charge in [0.1, 0.15) is 0 Å². The summed E-state index contributed by atoms with van der Waals surface area (Å²) < 4.78 is 0. The Bertz CT molecular complexity index is 258. The highest BCUT2D eigenvalue weighted by Gasteiger charge is 2.12. The van der Waals surface area contributed by atoms with Crippen molar-refractivity contribution in [1.82, 2.24) is 15.1 Å². The van der Waals surface area contributed by atoms with E-state index in [2.05, 4.69) is 15.1 Å². The molecule has 2 aliphatic rings. The van der Waals surface area contributed by atoms with Gasteiger partial charge in [0.25, 0.3) is 0 Å². The van der Waals surface area contributed by atoms with E-state index >= 15 is 0 Å². The second kappa shape index (κ2) is 8.54. The molecule has 0 saturated carbocycles. The van der Waals surface area contributed by atoms with E-state index in [0.29, 0.717) is 6.42 Å². The quantitative estimate of drug-likeness (QED) is 0.791. The molecule has 0 aromatic carbocycles. The molecule has 1 N–H and O–H groups in total. The van der Waals surface area contributed by atoms with Gasteiger partial charge in [0.05, 0.1) is 0 Å². The molecule has 1 amide bonds. The minimum absolute atomic E-state index is 0.225. The van der Waals surface area contributed by atoms with Crippen molar-refractivity contribution in [2.45, 2.75) is 44.9 Å². The standard InChI is InChI=1S/C15H29N3O/c19-15(7-13-17-9-3-1-4-10-17)16-8-14-18-11-5-2-6-12-18/h1-14H2,(H,16,19). The maximum atomic E-state index is 11.8. The minimum Gasteiger partial charge on any atom is -0.355 e. The van der Waals surface area contributed by atoms with Crippen molar-refractivity contribution >= 4 is 5.91 Å². The Labute approximate surface area is 117 Å². The zero-order chi connectivity index (χ0) is 13.3. The topological polar surface area (TPSA) is 35.6 Å². The number of nitrogens with one attached hydrogen (secondary N) is 1. The van der Waals surface area contributed by atoms with Crippen LogP contribution in [0, 0.1) is 0 Å². The van der Waals surface area contributed by atoms with Crippen molar-refractivity contribution in [3.05, 3.63) is 0 Å². The third-order valence-electron chi connectivity index (χ3n) is 4.30. The molecule has 0 bridgehead atoms. The summed E-state index contributed by atoms with van der Waals surface area (Å²) in [6, 6.07) is 0. The summed E-state index contributed by atoms with van der Waals surface area (Å²) in [5.74, 6) is 0.225. The molecule has 110 valence electrons. The van der Waals surface area contributed by atoms with Gasteiger partial charge in [-0.15, -0.1) is 0 Å². The fraction of sp³-hybridized carbons (Fsp3) is 0.933. The summed E-state index contributed by atoms with van der Waals surface area (Å²) in [5.41, 5.74) is 0. The first-order valence-corrected chi connectivity index (χ1v) is 8.06. The Morgan fingerprint density at radius 3 is 1.89 bits per heavy atom. The Morgan fingerprint density at radius 2 is 1.32 bits per heavy atom. The van der Waals surface area contributed by atoms with Crippen molar-refractivity contribution < 1.29 is 4.79 Å². The van der Waals surface area contributed by atoms with Gasteiger partial charge >= 0.3 is 0 Å². The Kier molecular flexibility index (Phi) is 6.65. The number of hydrogen-bond donors (Lipinski definition) is 1. The van der Waals surface area contributed by atoms with Gasteiger partial charge in [-0.05, 0) is 51.9 Å². The normalized spacial score (nSPS) is 22.3. The number of carbonyl (C=O) groups is 1. The fourth-order valence-electron chi connectivity index (χ4n) is 3.07. The van der Waals surface area contributed by atoms with Gasteiger partial charge < -0.3 is 15.1 Å². The Hall–Kier alpha value is -0.610. The molecule has 0 atom stereocenters. The monoisotopic (exact) mass is 267 g/mol. The van der Waals surface area contributed by atoms with Crippen LogP contribution in [0.4, 0.5) is 0 Å². The molecule has 2 aliphatic heterocycles. The first kappa shape index (κ1) is 14.8. The molecule has 4 heteroatoms. The molecular weight excluding hydrogens is 238 g/mol. The van der Waals surface area contributed by atoms with Gasteiger partial charge in [-0.3, -0.25) is 4.79 Å². The minimum atomic E-state index is 0.225. The third-order valence-corrected chi connectivity index (χ3v) is 4.30. The first-order chi connectivity index (χ1) is 9.34. The molecule has 0 aromatic heterocycles. The molecule has 0 spiro atoms. The third kappa shape index (κ3) is 5.91. The van der Waals surface area contributed by atoms with E-state index in [1.165, 1.54) is 64.7 Å². The molecule has 2 heterocycles. The van der Waals surface area contributed by atoms with E-state index in [0.717, 1.165) is 19.6 Å². The van der Waals surface area contributed by atoms with Gasteiger partial charge in [0.2, 0.25) is 5.91 Å². The van der Waals surface area contributed by atoms with Crippen LogP contribution < -0.4 is 5.32 Å². The molecule has 19 heavy (non-hydrogen) atoms. The van der Waals surface area contributed by atoms with Gasteiger partial charge in [-0.1, -0.05) is 12.8 Å². The predicted octanol–water partition coefficient (Wildman–Crippen LogP) is 1.46. The predicted molar refractivity (Wildman–Crippen MR) is 78.2 cm³/mol. The summed E-state index contributed by atoms with van der Waals surface area (Å²) in [4.78, 5) is 16.7. The van der Waals surface area contributed by atoms with Crippen LogP contribution in [-0.4, -0.2) is 61.5 Å². The average molecular weight is 267 g/mol. The Balaban J connectivity index is 1.49. The highest BCUT2D eigenvalue weighted by atomic mass is 16.1. The molecule has 0 radical (unpaired) electrons. The highest BCUT2D eigenvalue weighted by molar-refractivity contribution is 5.76. The van der Waals surface area contributed by atoms with Gasteiger partial charge in [0.15, 0.2) is 0 Å². The van der Waals surface area contributed by atoms with Crippen LogP contribution in [0.3, 0.4) is 0 Å². The van der Waals surface area contributed by atoms with Crippen LogP contribution in [0.15, 0.2) is 0 Å². The lowest BCUT2D eigenvalue weighted by Crippen LogP contribution is -2.39. The van der Waals surface area contributed by atoms with E-state index in [9.17, 15) is 4.79 Å². The number of nitrogens with zero attached hydrogens (tertiary/aromatic N) is 2. The maximum Gasteiger partial charge on any atom is 0.221 e. The first-order valence-electron chi connectivity index (χ1n) is 8.06. The van der Waals surface area contributed by atoms with Crippen molar-refractivity contribution in [1.29, 1.82) is 0 Å². The van der Waals surface area contributed by atoms with Crippen molar-refractivity contribution in [3.63, 3.8) is 0 Å². The molecule has 2 saturated heterocycles. The summed E-state index contributed by atoms with van der Waals surface area (Å²) in [5, 5.41) is 3.06. The smallest absolute Gasteiger partial charge is 0.221 e. The zero-order valence-electron chi connectivity index (χ0n) is 12.2. The van der Waals surface area contributed by atoms with Crippen LogP contribution in [0.5, 0.6) is 0 Å². The molecule has 0 aliphatic carbocycles. The van der Waals surface area contributed by atoms with Gasteiger partial charge in [-0.2, -0.15) is 0 Å². The van der Waals surface area contributed by atoms with Gasteiger partial charge in [-0.25, -0.2) is 0 Å². The number of piperidine rings is 2. The van der Waals surface area contributed by atoms with Crippen molar-refractivity contribution in [3.8, 4) is 0 Å². The molecule has 2 fully saturated rings. The van der Waals surface area contributed by atoms with Crippen LogP contribution >= 0.6 is 0 Å². The second-order valence-corrected chi connectivity index (χ2v) is 5.90. The molecule has 2 rings (SSSR count). The van der Waals surface area contributed by atoms with Crippen molar-refractivity contribution in [2.75, 3.05) is 45.8 Å². The van der Waals surface area contributed by atoms with E-state index in [1.807, 2.05) is 0 Å². The Morgan fingerprint density at radius 1 is 0.789 bits per heavy atom. The van der Waals surface area contributed by atoms with Crippen LogP contribution in [-0.2, 0) is 4.79 Å². The van der Waals surface area contributed by atoms with E-state index in [1.54, 1.807) is 0 Å². The zero-order valence-corrected chi connectivity index (χ0v) is 12.2. The SMILES string of the molecule is O=C(CCN1CCCCC1)NCCN1CCCCC1. The molecular formula is C15H29N3O. The number of rotatable bonds is 6.